The van der Waals surface area contributed by atoms with E-state index in [4.69, 9.17) is 0 Å². The van der Waals surface area contributed by atoms with Gasteiger partial charge in [0.15, 0.2) is 0 Å². The van der Waals surface area contributed by atoms with Gasteiger partial charge in [-0.05, 0) is 24.5 Å². The molecule has 2 nitrogen and oxygen atoms in total. The van der Waals surface area contributed by atoms with Crippen LogP contribution in [-0.4, -0.2) is 20.7 Å². The van der Waals surface area contributed by atoms with Crippen molar-refractivity contribution in [2.45, 2.75) is 24.0 Å². The van der Waals surface area contributed by atoms with Crippen molar-refractivity contribution < 1.29 is 4.21 Å². The summed E-state index contributed by atoms with van der Waals surface area (Å²) in [5.41, 5.74) is 1.08. The van der Waals surface area contributed by atoms with Gasteiger partial charge < -0.3 is 0 Å². The predicted octanol–water partition coefficient (Wildman–Crippen LogP) is 2.14. The van der Waals surface area contributed by atoms with Crippen molar-refractivity contribution in [2.75, 3.05) is 11.5 Å². The number of hydrogen-bond acceptors (Lipinski definition) is 3. The lowest BCUT2D eigenvalue weighted by molar-refractivity contribution is 0.528. The van der Waals surface area contributed by atoms with Crippen molar-refractivity contribution in [1.82, 2.24) is 4.98 Å². The van der Waals surface area contributed by atoms with E-state index in [0.717, 1.165) is 30.6 Å². The Morgan fingerprint density at radius 1 is 1.53 bits per heavy atom. The van der Waals surface area contributed by atoms with Gasteiger partial charge in [-0.15, -0.1) is 0 Å². The molecule has 0 aliphatic carbocycles. The normalized spacial score (nSPS) is 31.4. The van der Waals surface area contributed by atoms with Crippen LogP contribution in [0, 0.1) is 0 Å². The highest BCUT2D eigenvalue weighted by Gasteiger charge is 2.39. The number of thiol groups is 1. The molecule has 1 aromatic rings. The highest BCUT2D eigenvalue weighted by Crippen LogP contribution is 2.38. The maximum Gasteiger partial charge on any atom is 0.0809 e. The highest BCUT2D eigenvalue weighted by atomic mass is 32.2. The Labute approximate surface area is 98.4 Å². The average Bonchev–Trinajstić information content (AvgIpc) is 2.31. The Balaban J connectivity index is 2.40. The molecule has 4 heteroatoms. The molecule has 0 amide bonds. The summed E-state index contributed by atoms with van der Waals surface area (Å²) in [4.78, 5) is 4.12. The summed E-state index contributed by atoms with van der Waals surface area (Å²) >= 11 is 4.40. The van der Waals surface area contributed by atoms with Crippen molar-refractivity contribution in [3.8, 4) is 0 Å². The summed E-state index contributed by atoms with van der Waals surface area (Å²) in [5, 5.41) is 0. The van der Waals surface area contributed by atoms with E-state index in [-0.39, 0.29) is 4.75 Å². The molecule has 1 aliphatic heterocycles. The number of pyridine rings is 1. The van der Waals surface area contributed by atoms with Crippen molar-refractivity contribution in [1.29, 1.82) is 0 Å². The van der Waals surface area contributed by atoms with Crippen molar-refractivity contribution in [3.05, 3.63) is 30.1 Å². The van der Waals surface area contributed by atoms with Gasteiger partial charge in [0.2, 0.25) is 0 Å². The van der Waals surface area contributed by atoms with Gasteiger partial charge in [0.25, 0.3) is 0 Å². The molecule has 0 N–H and O–H groups in total. The third-order valence-corrected chi connectivity index (χ3v) is 5.91. The van der Waals surface area contributed by atoms with E-state index in [0.29, 0.717) is 5.75 Å². The smallest absolute Gasteiger partial charge is 0.0809 e. The summed E-state index contributed by atoms with van der Waals surface area (Å²) in [7, 11) is -0.804. The molecule has 1 fully saturated rings. The molecule has 2 atom stereocenters. The fraction of sp³-hybridized carbons (Fsp3) is 0.545. The van der Waals surface area contributed by atoms with Crippen molar-refractivity contribution in [2.24, 2.45) is 0 Å². The van der Waals surface area contributed by atoms with Gasteiger partial charge in [-0.3, -0.25) is 9.19 Å². The number of rotatable bonds is 2. The average molecular weight is 241 g/mol. The summed E-state index contributed by atoms with van der Waals surface area (Å²) in [6.07, 6.45) is 6.76. The van der Waals surface area contributed by atoms with E-state index in [9.17, 15) is 4.21 Å². The molecule has 0 aromatic carbocycles. The summed E-state index contributed by atoms with van der Waals surface area (Å²) in [6, 6.07) is 3.93. The van der Waals surface area contributed by atoms with Crippen LogP contribution in [0.3, 0.4) is 0 Å². The highest BCUT2D eigenvalue weighted by molar-refractivity contribution is 7.88. The predicted molar refractivity (Wildman–Crippen MR) is 66.6 cm³/mol. The second-order valence-electron chi connectivity index (χ2n) is 3.90. The Kier molecular flexibility index (Phi) is 3.46. The Bertz CT molecular complexity index is 355. The van der Waals surface area contributed by atoms with Gasteiger partial charge >= 0.3 is 0 Å². The van der Waals surface area contributed by atoms with Gasteiger partial charge in [0, 0.05) is 34.7 Å². The SMILES string of the molecule is O=S1CCCC[C@]1(CS)c1cccnc1. The van der Waals surface area contributed by atoms with Crippen LogP contribution in [0.25, 0.3) is 0 Å². The van der Waals surface area contributed by atoms with Crippen LogP contribution in [0.15, 0.2) is 24.5 Å². The topological polar surface area (TPSA) is 30.0 Å². The monoisotopic (exact) mass is 241 g/mol. The van der Waals surface area contributed by atoms with Crippen LogP contribution in [-0.2, 0) is 15.5 Å². The maximum atomic E-state index is 12.2. The molecule has 1 aromatic heterocycles. The lowest BCUT2D eigenvalue weighted by atomic mass is 9.95. The van der Waals surface area contributed by atoms with E-state index in [1.54, 1.807) is 6.20 Å². The van der Waals surface area contributed by atoms with E-state index >= 15 is 0 Å². The fourth-order valence-corrected chi connectivity index (χ4v) is 4.63. The van der Waals surface area contributed by atoms with Gasteiger partial charge in [-0.25, -0.2) is 0 Å². The number of hydrogen-bond donors (Lipinski definition) is 1. The molecule has 0 radical (unpaired) electrons. The molecule has 1 saturated heterocycles. The van der Waals surface area contributed by atoms with Gasteiger partial charge in [-0.1, -0.05) is 12.5 Å². The quantitative estimate of drug-likeness (QED) is 0.804. The van der Waals surface area contributed by atoms with Gasteiger partial charge in [-0.2, -0.15) is 12.6 Å². The molecule has 0 bridgehead atoms. The van der Waals surface area contributed by atoms with E-state index in [2.05, 4.69) is 17.6 Å². The largest absolute Gasteiger partial charge is 0.264 e. The first-order valence-electron chi connectivity index (χ1n) is 5.19. The van der Waals surface area contributed by atoms with Crippen LogP contribution in [0.4, 0.5) is 0 Å². The van der Waals surface area contributed by atoms with Crippen LogP contribution in [0.1, 0.15) is 24.8 Å². The fourth-order valence-electron chi connectivity index (χ4n) is 2.10. The zero-order valence-electron chi connectivity index (χ0n) is 8.56. The maximum absolute atomic E-state index is 12.2. The molecule has 1 aliphatic rings. The zero-order chi connectivity index (χ0) is 10.7. The lowest BCUT2D eigenvalue weighted by Gasteiger charge is -2.35. The van der Waals surface area contributed by atoms with Crippen LogP contribution in [0.5, 0.6) is 0 Å². The number of nitrogens with zero attached hydrogens (tertiary/aromatic N) is 1. The van der Waals surface area contributed by atoms with Gasteiger partial charge in [0.1, 0.15) is 0 Å². The molecular weight excluding hydrogens is 226 g/mol. The van der Waals surface area contributed by atoms with Crippen LogP contribution < -0.4 is 0 Å². The number of aromatic nitrogens is 1. The molecule has 2 rings (SSSR count). The molecule has 82 valence electrons. The minimum Gasteiger partial charge on any atom is -0.264 e. The van der Waals surface area contributed by atoms with Crippen molar-refractivity contribution in [3.63, 3.8) is 0 Å². The van der Waals surface area contributed by atoms with Gasteiger partial charge in [0.05, 0.1) is 4.75 Å². The standard InChI is InChI=1S/C11H15NOS2/c13-15-7-2-1-5-11(15,9-14)10-4-3-6-12-8-10/h3-4,6,8,14H,1-2,5,7,9H2/t11-,15?/m0/s1. The van der Waals surface area contributed by atoms with E-state index < -0.39 is 10.8 Å². The summed E-state index contributed by atoms with van der Waals surface area (Å²) in [6.45, 7) is 0. The van der Waals surface area contributed by atoms with Crippen LogP contribution >= 0.6 is 12.6 Å². The Morgan fingerprint density at radius 3 is 3.00 bits per heavy atom. The molecule has 0 spiro atoms. The van der Waals surface area contributed by atoms with Crippen LogP contribution in [0.2, 0.25) is 0 Å². The Morgan fingerprint density at radius 2 is 2.40 bits per heavy atom. The van der Waals surface area contributed by atoms with Crippen molar-refractivity contribution >= 4 is 23.4 Å². The molecule has 15 heavy (non-hydrogen) atoms. The van der Waals surface area contributed by atoms with E-state index in [1.807, 2.05) is 18.3 Å². The lowest BCUT2D eigenvalue weighted by Crippen LogP contribution is -2.38. The van der Waals surface area contributed by atoms with E-state index in [1.165, 1.54) is 0 Å². The molecule has 0 saturated carbocycles. The minimum atomic E-state index is -0.804. The molecule has 1 unspecified atom stereocenters. The summed E-state index contributed by atoms with van der Waals surface area (Å²) in [5.74, 6) is 1.45. The third kappa shape index (κ3) is 1.97. The zero-order valence-corrected chi connectivity index (χ0v) is 10.3. The Hall–Kier alpha value is -0.350. The minimum absolute atomic E-state index is 0.254. The first-order valence-corrected chi connectivity index (χ1v) is 7.14. The third-order valence-electron chi connectivity index (χ3n) is 3.04. The summed E-state index contributed by atoms with van der Waals surface area (Å²) < 4.78 is 11.9. The first-order chi connectivity index (χ1) is 7.29. The molecular formula is C11H15NOS2. The molecule has 2 heterocycles. The second-order valence-corrected chi connectivity index (χ2v) is 6.10. The first kappa shape index (κ1) is 11.1. The second kappa shape index (κ2) is 4.66.